The molecule has 0 atom stereocenters. The van der Waals surface area contributed by atoms with Gasteiger partial charge in [-0.2, -0.15) is 5.26 Å². The van der Waals surface area contributed by atoms with E-state index in [1.54, 1.807) is 0 Å². The molecule has 0 N–H and O–H groups in total. The van der Waals surface area contributed by atoms with Gasteiger partial charge in [-0.25, -0.2) is 0 Å². The third-order valence-corrected chi connectivity index (χ3v) is 6.28. The van der Waals surface area contributed by atoms with Gasteiger partial charge in [-0.05, 0) is 63.7 Å². The Morgan fingerprint density at radius 2 is 1.75 bits per heavy atom. The Kier molecular flexibility index (Phi) is 7.59. The number of nitrogens with zero attached hydrogens (tertiary/aromatic N) is 1. The van der Waals surface area contributed by atoms with Gasteiger partial charge in [-0.1, -0.05) is 39.5 Å². The van der Waals surface area contributed by atoms with Crippen LogP contribution in [0.15, 0.2) is 0 Å². The summed E-state index contributed by atoms with van der Waals surface area (Å²) in [7, 11) is 0. The maximum atomic E-state index is 12.5. The van der Waals surface area contributed by atoms with Gasteiger partial charge < -0.3 is 4.74 Å². The Hall–Kier alpha value is -1.04. The molecule has 0 aromatic rings. The number of hydrogen-bond donors (Lipinski definition) is 0. The van der Waals surface area contributed by atoms with Gasteiger partial charge in [-0.3, -0.25) is 4.79 Å². The van der Waals surface area contributed by atoms with E-state index in [4.69, 9.17) is 4.74 Å². The molecule has 0 amide bonds. The lowest BCUT2D eigenvalue weighted by atomic mass is 9.71. The van der Waals surface area contributed by atoms with Crippen molar-refractivity contribution in [3.63, 3.8) is 0 Å². The Bertz CT molecular complexity index is 424. The molecule has 24 heavy (non-hydrogen) atoms. The number of carbonyl (C=O) groups is 1. The van der Waals surface area contributed by atoms with Crippen molar-refractivity contribution < 1.29 is 9.53 Å². The van der Waals surface area contributed by atoms with Crippen LogP contribution < -0.4 is 0 Å². The number of unbranched alkanes of at least 4 members (excludes halogenated alkanes) is 1. The highest BCUT2D eigenvalue weighted by molar-refractivity contribution is 5.72. The summed E-state index contributed by atoms with van der Waals surface area (Å²) in [5, 5.41) is 9.47. The third-order valence-electron chi connectivity index (χ3n) is 6.28. The zero-order valence-electron chi connectivity index (χ0n) is 15.7. The van der Waals surface area contributed by atoms with Crippen LogP contribution in [0.25, 0.3) is 0 Å². The normalized spacial score (nSPS) is 33.6. The summed E-state index contributed by atoms with van der Waals surface area (Å²) in [5.41, 5.74) is -0.158. The summed E-state index contributed by atoms with van der Waals surface area (Å²) in [4.78, 5) is 12.5. The average molecular weight is 334 g/mol. The van der Waals surface area contributed by atoms with Crippen molar-refractivity contribution in [2.45, 2.75) is 103 Å². The average Bonchev–Trinajstić information content (AvgIpc) is 2.62. The fraction of sp³-hybridized carbons (Fsp3) is 0.905. The van der Waals surface area contributed by atoms with Gasteiger partial charge in [0.25, 0.3) is 0 Å². The number of hydrogen-bond acceptors (Lipinski definition) is 3. The first-order valence-electron chi connectivity index (χ1n) is 10.2. The molecule has 2 rings (SSSR count). The minimum absolute atomic E-state index is 0.0360. The number of esters is 1. The van der Waals surface area contributed by atoms with Gasteiger partial charge in [0.15, 0.2) is 0 Å². The van der Waals surface area contributed by atoms with E-state index in [1.165, 1.54) is 32.1 Å². The smallest absolute Gasteiger partial charge is 0.309 e. The maximum Gasteiger partial charge on any atom is 0.309 e. The molecule has 2 saturated carbocycles. The molecule has 3 heteroatoms. The van der Waals surface area contributed by atoms with E-state index >= 15 is 0 Å². The lowest BCUT2D eigenvalue weighted by Gasteiger charge is -2.35. The van der Waals surface area contributed by atoms with Gasteiger partial charge >= 0.3 is 5.97 Å². The van der Waals surface area contributed by atoms with Crippen LogP contribution in [-0.4, -0.2) is 12.1 Å². The van der Waals surface area contributed by atoms with Gasteiger partial charge in [0, 0.05) is 0 Å². The van der Waals surface area contributed by atoms with Crippen molar-refractivity contribution >= 4 is 5.97 Å². The Morgan fingerprint density at radius 1 is 1.08 bits per heavy atom. The molecule has 0 bridgehead atoms. The van der Waals surface area contributed by atoms with Crippen LogP contribution in [0.4, 0.5) is 0 Å². The molecule has 0 heterocycles. The standard InChI is InChI=1S/C21H35NO2/c1-3-5-6-17-7-9-18(10-8-17)20(23)24-19-11-14-21(16-22,13-4-2)15-12-19/h17-19H,3-15H2,1-2H3/t17-,18-,19-,21+. The molecule has 2 fully saturated rings. The lowest BCUT2D eigenvalue weighted by molar-refractivity contribution is -0.158. The van der Waals surface area contributed by atoms with E-state index in [9.17, 15) is 10.1 Å². The summed E-state index contributed by atoms with van der Waals surface area (Å²) >= 11 is 0. The molecular formula is C21H35NO2. The summed E-state index contributed by atoms with van der Waals surface area (Å²) in [6.45, 7) is 4.39. The van der Waals surface area contributed by atoms with E-state index < -0.39 is 0 Å². The predicted octanol–water partition coefficient (Wildman–Crippen LogP) is 5.78. The molecule has 0 aliphatic heterocycles. The predicted molar refractivity (Wildman–Crippen MR) is 96.3 cm³/mol. The van der Waals surface area contributed by atoms with Gasteiger partial charge in [0.1, 0.15) is 6.10 Å². The molecule has 2 aliphatic carbocycles. The van der Waals surface area contributed by atoms with Crippen LogP contribution in [0.2, 0.25) is 0 Å². The fourth-order valence-electron chi connectivity index (χ4n) is 4.60. The fourth-order valence-corrected chi connectivity index (χ4v) is 4.60. The lowest BCUT2D eigenvalue weighted by Crippen LogP contribution is -2.33. The molecule has 136 valence electrons. The van der Waals surface area contributed by atoms with Gasteiger partial charge in [0.2, 0.25) is 0 Å². The monoisotopic (exact) mass is 333 g/mol. The largest absolute Gasteiger partial charge is 0.462 e. The van der Waals surface area contributed by atoms with Crippen LogP contribution in [-0.2, 0) is 9.53 Å². The number of rotatable bonds is 7. The molecular weight excluding hydrogens is 298 g/mol. The van der Waals surface area contributed by atoms with Crippen LogP contribution in [0.5, 0.6) is 0 Å². The summed E-state index contributed by atoms with van der Waals surface area (Å²) in [6, 6.07) is 2.54. The first-order chi connectivity index (χ1) is 11.6. The van der Waals surface area contributed by atoms with Crippen molar-refractivity contribution in [2.75, 3.05) is 0 Å². The molecule has 0 aromatic carbocycles. The van der Waals surface area contributed by atoms with E-state index in [-0.39, 0.29) is 23.4 Å². The van der Waals surface area contributed by atoms with Crippen molar-refractivity contribution in [2.24, 2.45) is 17.3 Å². The SMILES string of the molecule is CCCC[C@H]1CC[C@H](C(=O)O[C@H]2CC[C@](C#N)(CCC)CC2)CC1. The van der Waals surface area contributed by atoms with Crippen molar-refractivity contribution in [1.29, 1.82) is 5.26 Å². The number of ether oxygens (including phenoxy) is 1. The summed E-state index contributed by atoms with van der Waals surface area (Å²) in [5.74, 6) is 0.990. The van der Waals surface area contributed by atoms with Crippen LogP contribution >= 0.6 is 0 Å². The highest BCUT2D eigenvalue weighted by atomic mass is 16.5. The second kappa shape index (κ2) is 9.44. The molecule has 0 radical (unpaired) electrons. The van der Waals surface area contributed by atoms with Crippen molar-refractivity contribution in [1.82, 2.24) is 0 Å². The highest BCUT2D eigenvalue weighted by Crippen LogP contribution is 2.41. The zero-order valence-corrected chi connectivity index (χ0v) is 15.7. The third kappa shape index (κ3) is 5.23. The summed E-state index contributed by atoms with van der Waals surface area (Å²) in [6.07, 6.45) is 13.9. The topological polar surface area (TPSA) is 50.1 Å². The van der Waals surface area contributed by atoms with E-state index in [0.717, 1.165) is 57.3 Å². The molecule has 2 aliphatic rings. The van der Waals surface area contributed by atoms with E-state index in [1.807, 2.05) is 0 Å². The Balaban J connectivity index is 1.72. The van der Waals surface area contributed by atoms with Crippen LogP contribution in [0.1, 0.15) is 97.3 Å². The van der Waals surface area contributed by atoms with Crippen LogP contribution in [0.3, 0.4) is 0 Å². The minimum atomic E-state index is -0.158. The van der Waals surface area contributed by atoms with Crippen molar-refractivity contribution in [3.8, 4) is 6.07 Å². The van der Waals surface area contributed by atoms with E-state index in [2.05, 4.69) is 19.9 Å². The number of carbonyl (C=O) groups excluding carboxylic acids is 1. The van der Waals surface area contributed by atoms with Crippen molar-refractivity contribution in [3.05, 3.63) is 0 Å². The first kappa shape index (κ1) is 19.3. The number of nitriles is 1. The van der Waals surface area contributed by atoms with Gasteiger partial charge in [-0.15, -0.1) is 0 Å². The molecule has 0 aromatic heterocycles. The summed E-state index contributed by atoms with van der Waals surface area (Å²) < 4.78 is 5.81. The molecule has 0 unspecified atom stereocenters. The van der Waals surface area contributed by atoms with E-state index in [0.29, 0.717) is 0 Å². The second-order valence-corrected chi connectivity index (χ2v) is 8.14. The Morgan fingerprint density at radius 3 is 2.29 bits per heavy atom. The maximum absolute atomic E-state index is 12.5. The minimum Gasteiger partial charge on any atom is -0.462 e. The Labute approximate surface area is 148 Å². The molecule has 0 spiro atoms. The first-order valence-corrected chi connectivity index (χ1v) is 10.2. The van der Waals surface area contributed by atoms with Crippen LogP contribution in [0, 0.1) is 28.6 Å². The molecule has 0 saturated heterocycles. The zero-order chi connectivity index (χ0) is 17.4. The molecule has 3 nitrogen and oxygen atoms in total. The quantitative estimate of drug-likeness (QED) is 0.555. The highest BCUT2D eigenvalue weighted by Gasteiger charge is 2.37. The van der Waals surface area contributed by atoms with Gasteiger partial charge in [0.05, 0.1) is 17.4 Å². The second-order valence-electron chi connectivity index (χ2n) is 8.14.